The van der Waals surface area contributed by atoms with Crippen molar-refractivity contribution in [3.8, 4) is 28.5 Å². The van der Waals surface area contributed by atoms with E-state index in [1.165, 1.54) is 12.8 Å². The Balaban J connectivity index is 1.27. The number of anilines is 1. The van der Waals surface area contributed by atoms with E-state index in [-0.39, 0.29) is 5.92 Å². The number of hydrogen-bond acceptors (Lipinski definition) is 6. The van der Waals surface area contributed by atoms with Crippen LogP contribution in [0.5, 0.6) is 17.2 Å². The first-order valence-corrected chi connectivity index (χ1v) is 13.2. The minimum atomic E-state index is 0.224. The highest BCUT2D eigenvalue weighted by Crippen LogP contribution is 2.35. The second-order valence-corrected chi connectivity index (χ2v) is 10.4. The molecule has 0 bridgehead atoms. The lowest BCUT2D eigenvalue weighted by Crippen LogP contribution is -2.23. The largest absolute Gasteiger partial charge is 0.493 e. The number of ether oxygens (including phenoxy) is 3. The van der Waals surface area contributed by atoms with Crippen molar-refractivity contribution in [2.24, 2.45) is 5.92 Å². The third-order valence-electron chi connectivity index (χ3n) is 7.03. The Kier molecular flexibility index (Phi) is 6.28. The molecule has 1 saturated carbocycles. The number of imidazole rings is 1. The molecule has 3 heterocycles. The summed E-state index contributed by atoms with van der Waals surface area (Å²) in [6, 6.07) is 13.9. The highest BCUT2D eigenvalue weighted by Gasteiger charge is 2.27. The molecule has 2 aliphatic rings. The predicted molar refractivity (Wildman–Crippen MR) is 144 cm³/mol. The summed E-state index contributed by atoms with van der Waals surface area (Å²) in [6.07, 6.45) is 8.53. The summed E-state index contributed by atoms with van der Waals surface area (Å²) >= 11 is 0. The standard InChI is InChI=1S/C28H31N4O3P/c1-17-5-8-20(16-33-17)28-31-24(25-27(29)30-13-14-32(25)28)19-9-11-21(12-10-19)35-23-4-2-3-22(26(23)36)34-15-18-6-7-18/h2-4,9-14,17-18,20H,5-8,15-16,36H2,1H3,(H2,29,30). The van der Waals surface area contributed by atoms with Gasteiger partial charge in [0.05, 0.1) is 24.6 Å². The molecule has 4 aromatic rings. The zero-order valence-corrected chi connectivity index (χ0v) is 21.5. The first-order valence-electron chi connectivity index (χ1n) is 12.6. The van der Waals surface area contributed by atoms with E-state index >= 15 is 0 Å². The molecule has 8 heteroatoms. The van der Waals surface area contributed by atoms with Crippen LogP contribution in [-0.4, -0.2) is 33.7 Å². The number of fused-ring (bicyclic) bond motifs is 1. The van der Waals surface area contributed by atoms with Crippen LogP contribution in [0.25, 0.3) is 16.8 Å². The summed E-state index contributed by atoms with van der Waals surface area (Å²) < 4.78 is 20.2. The second kappa shape index (κ2) is 9.72. The molecule has 1 saturated heterocycles. The van der Waals surface area contributed by atoms with Crippen molar-refractivity contribution in [2.45, 2.75) is 44.6 Å². The van der Waals surface area contributed by atoms with Crippen LogP contribution in [0.15, 0.2) is 54.9 Å². The van der Waals surface area contributed by atoms with Crippen LogP contribution in [0.4, 0.5) is 5.82 Å². The number of benzene rings is 2. The van der Waals surface area contributed by atoms with Crippen molar-refractivity contribution < 1.29 is 14.2 Å². The van der Waals surface area contributed by atoms with Gasteiger partial charge in [0.1, 0.15) is 40.1 Å². The van der Waals surface area contributed by atoms with Crippen molar-refractivity contribution >= 4 is 25.9 Å². The Hall–Kier alpha value is -3.15. The summed E-state index contributed by atoms with van der Waals surface area (Å²) in [7, 11) is 2.75. The molecule has 1 aliphatic heterocycles. The molecule has 0 spiro atoms. The zero-order valence-electron chi connectivity index (χ0n) is 20.4. The predicted octanol–water partition coefficient (Wildman–Crippen LogP) is 5.34. The molecule has 6 rings (SSSR count). The minimum Gasteiger partial charge on any atom is -0.493 e. The Labute approximate surface area is 213 Å². The van der Waals surface area contributed by atoms with Gasteiger partial charge >= 0.3 is 0 Å². The van der Waals surface area contributed by atoms with Gasteiger partial charge in [0.25, 0.3) is 0 Å². The Bertz CT molecular complexity index is 1380. The van der Waals surface area contributed by atoms with E-state index in [2.05, 4.69) is 25.5 Å². The first-order chi connectivity index (χ1) is 17.6. The van der Waals surface area contributed by atoms with Crippen LogP contribution < -0.4 is 20.5 Å². The van der Waals surface area contributed by atoms with E-state index in [0.29, 0.717) is 24.4 Å². The van der Waals surface area contributed by atoms with Gasteiger partial charge in [-0.05, 0) is 74.9 Å². The Morgan fingerprint density at radius 1 is 1.08 bits per heavy atom. The lowest BCUT2D eigenvalue weighted by Gasteiger charge is -2.25. The average Bonchev–Trinajstić information content (AvgIpc) is 3.64. The van der Waals surface area contributed by atoms with Gasteiger partial charge < -0.3 is 19.9 Å². The van der Waals surface area contributed by atoms with Gasteiger partial charge in [0.15, 0.2) is 0 Å². The Morgan fingerprint density at radius 2 is 1.89 bits per heavy atom. The van der Waals surface area contributed by atoms with E-state index in [1.807, 2.05) is 48.7 Å². The molecule has 2 fully saturated rings. The summed E-state index contributed by atoms with van der Waals surface area (Å²) in [5, 5.41) is 0.926. The number of rotatable bonds is 7. The SMILES string of the molecule is CC1CCC(c2nc(-c3ccc(Oc4cccc(OCC5CC5)c4P)cc3)c3c(N)nccn23)CO1. The molecule has 36 heavy (non-hydrogen) atoms. The van der Waals surface area contributed by atoms with Gasteiger partial charge in [-0.25, -0.2) is 9.97 Å². The fourth-order valence-corrected chi connectivity index (χ4v) is 5.04. The number of aromatic nitrogens is 3. The molecule has 3 atom stereocenters. The van der Waals surface area contributed by atoms with Crippen molar-refractivity contribution in [1.29, 1.82) is 0 Å². The van der Waals surface area contributed by atoms with E-state index in [4.69, 9.17) is 24.9 Å². The summed E-state index contributed by atoms with van der Waals surface area (Å²) in [5.74, 6) is 4.71. The topological polar surface area (TPSA) is 83.9 Å². The molecule has 2 aromatic heterocycles. The van der Waals surface area contributed by atoms with Crippen LogP contribution in [0.2, 0.25) is 0 Å². The maximum atomic E-state index is 6.33. The number of nitrogen functional groups attached to an aromatic ring is 1. The minimum absolute atomic E-state index is 0.224. The van der Waals surface area contributed by atoms with Crippen LogP contribution in [0.3, 0.4) is 0 Å². The normalized spacial score (nSPS) is 19.9. The molecule has 0 radical (unpaired) electrons. The van der Waals surface area contributed by atoms with Crippen molar-refractivity contribution in [1.82, 2.24) is 14.4 Å². The molecule has 7 nitrogen and oxygen atoms in total. The van der Waals surface area contributed by atoms with Crippen LogP contribution >= 0.6 is 9.24 Å². The van der Waals surface area contributed by atoms with Crippen molar-refractivity contribution in [3.63, 3.8) is 0 Å². The molecule has 0 amide bonds. The average molecular weight is 503 g/mol. The van der Waals surface area contributed by atoms with Gasteiger partial charge in [-0.2, -0.15) is 0 Å². The molecular formula is C28H31N4O3P. The number of nitrogens with two attached hydrogens (primary N) is 1. The summed E-state index contributed by atoms with van der Waals surface area (Å²) in [5.41, 5.74) is 8.94. The van der Waals surface area contributed by atoms with Gasteiger partial charge in [-0.1, -0.05) is 15.3 Å². The molecule has 2 N–H and O–H groups in total. The van der Waals surface area contributed by atoms with E-state index < -0.39 is 0 Å². The highest BCUT2D eigenvalue weighted by molar-refractivity contribution is 7.28. The molecule has 3 unspecified atom stereocenters. The molecule has 186 valence electrons. The maximum Gasteiger partial charge on any atom is 0.150 e. The van der Waals surface area contributed by atoms with Gasteiger partial charge in [0.2, 0.25) is 0 Å². The molecule has 2 aromatic carbocycles. The molecular weight excluding hydrogens is 471 g/mol. The zero-order chi connectivity index (χ0) is 24.6. The highest BCUT2D eigenvalue weighted by atomic mass is 31.0. The van der Waals surface area contributed by atoms with E-state index in [1.54, 1.807) is 6.20 Å². The van der Waals surface area contributed by atoms with Crippen LogP contribution in [0.1, 0.15) is 44.3 Å². The van der Waals surface area contributed by atoms with Crippen molar-refractivity contribution in [2.75, 3.05) is 18.9 Å². The number of nitrogens with zero attached hydrogens (tertiary/aromatic N) is 3. The third-order valence-corrected chi connectivity index (χ3v) is 7.60. The van der Waals surface area contributed by atoms with Gasteiger partial charge in [-0.3, -0.25) is 4.40 Å². The van der Waals surface area contributed by atoms with Crippen LogP contribution in [0, 0.1) is 5.92 Å². The summed E-state index contributed by atoms with van der Waals surface area (Å²) in [4.78, 5) is 9.38. The quantitative estimate of drug-likeness (QED) is 0.344. The van der Waals surface area contributed by atoms with Crippen molar-refractivity contribution in [3.05, 3.63) is 60.7 Å². The monoisotopic (exact) mass is 502 g/mol. The third kappa shape index (κ3) is 4.65. The fraction of sp³-hybridized carbons (Fsp3) is 0.357. The first kappa shape index (κ1) is 23.3. The second-order valence-electron chi connectivity index (χ2n) is 9.82. The van der Waals surface area contributed by atoms with Crippen LogP contribution in [-0.2, 0) is 4.74 Å². The van der Waals surface area contributed by atoms with Gasteiger partial charge in [-0.15, -0.1) is 0 Å². The number of hydrogen-bond donors (Lipinski definition) is 1. The summed E-state index contributed by atoms with van der Waals surface area (Å²) in [6.45, 7) is 3.55. The lowest BCUT2D eigenvalue weighted by molar-refractivity contribution is 0.0137. The maximum absolute atomic E-state index is 6.33. The van der Waals surface area contributed by atoms with E-state index in [9.17, 15) is 0 Å². The lowest BCUT2D eigenvalue weighted by atomic mass is 9.98. The smallest absolute Gasteiger partial charge is 0.150 e. The van der Waals surface area contributed by atoms with E-state index in [0.717, 1.165) is 64.6 Å². The Morgan fingerprint density at radius 3 is 2.64 bits per heavy atom. The fourth-order valence-electron chi connectivity index (χ4n) is 4.70. The van der Waals surface area contributed by atoms with Gasteiger partial charge in [0, 0.05) is 23.9 Å². The molecule has 1 aliphatic carbocycles.